The number of carbonyl (C=O) groups is 1. The first-order valence-electron chi connectivity index (χ1n) is 6.42. The number of thioether (sulfide) groups is 1. The van der Waals surface area contributed by atoms with Gasteiger partial charge in [-0.25, -0.2) is 5.43 Å². The molecule has 0 saturated carbocycles. The van der Waals surface area contributed by atoms with Crippen LogP contribution in [0.25, 0.3) is 0 Å². The van der Waals surface area contributed by atoms with Crippen LogP contribution in [0, 0.1) is 0 Å². The van der Waals surface area contributed by atoms with Gasteiger partial charge < -0.3 is 4.74 Å². The third-order valence-electron chi connectivity index (χ3n) is 2.61. The first kappa shape index (κ1) is 15.1. The number of hydrogen-bond acceptors (Lipinski definition) is 4. The molecule has 0 fully saturated rings. The summed E-state index contributed by atoms with van der Waals surface area (Å²) in [6, 6.07) is 17.2. The number of ether oxygens (including phenoxy) is 1. The molecule has 0 bridgehead atoms. The van der Waals surface area contributed by atoms with Crippen LogP contribution in [0.2, 0.25) is 0 Å². The van der Waals surface area contributed by atoms with Crippen molar-refractivity contribution in [1.29, 1.82) is 0 Å². The lowest BCUT2D eigenvalue weighted by molar-refractivity contribution is -0.118. The fourth-order valence-corrected chi connectivity index (χ4v) is 2.31. The van der Waals surface area contributed by atoms with Crippen molar-refractivity contribution in [1.82, 2.24) is 5.43 Å². The van der Waals surface area contributed by atoms with Crippen molar-refractivity contribution >= 4 is 23.9 Å². The van der Waals surface area contributed by atoms with E-state index in [1.54, 1.807) is 13.3 Å². The zero-order chi connectivity index (χ0) is 14.9. The van der Waals surface area contributed by atoms with Gasteiger partial charge in [-0.05, 0) is 29.8 Å². The molecule has 108 valence electrons. The second kappa shape index (κ2) is 8.11. The zero-order valence-corrected chi connectivity index (χ0v) is 12.5. The Morgan fingerprint density at radius 3 is 2.81 bits per heavy atom. The highest BCUT2D eigenvalue weighted by atomic mass is 32.2. The average molecular weight is 300 g/mol. The summed E-state index contributed by atoms with van der Waals surface area (Å²) < 4.78 is 5.12. The number of rotatable bonds is 6. The van der Waals surface area contributed by atoms with Gasteiger partial charge in [0, 0.05) is 4.90 Å². The smallest absolute Gasteiger partial charge is 0.250 e. The van der Waals surface area contributed by atoms with Crippen molar-refractivity contribution in [2.45, 2.75) is 4.90 Å². The number of amides is 1. The number of hydrogen-bond donors (Lipinski definition) is 1. The monoisotopic (exact) mass is 300 g/mol. The van der Waals surface area contributed by atoms with Gasteiger partial charge in [-0.2, -0.15) is 5.10 Å². The van der Waals surface area contributed by atoms with Crippen LogP contribution in [0.4, 0.5) is 0 Å². The van der Waals surface area contributed by atoms with Crippen molar-refractivity contribution < 1.29 is 9.53 Å². The van der Waals surface area contributed by atoms with Crippen LogP contribution in [0.1, 0.15) is 5.56 Å². The standard InChI is InChI=1S/C16H16N2O2S/c1-20-14-7-5-6-13(10-14)11-17-18-16(19)12-21-15-8-3-2-4-9-15/h2-11H,12H2,1H3,(H,18,19). The summed E-state index contributed by atoms with van der Waals surface area (Å²) in [5.41, 5.74) is 3.37. The molecular formula is C16H16N2O2S. The maximum Gasteiger partial charge on any atom is 0.250 e. The molecule has 2 rings (SSSR count). The van der Waals surface area contributed by atoms with Gasteiger partial charge in [0.05, 0.1) is 19.1 Å². The Morgan fingerprint density at radius 2 is 2.05 bits per heavy atom. The Kier molecular flexibility index (Phi) is 5.84. The van der Waals surface area contributed by atoms with Crippen molar-refractivity contribution in [3.63, 3.8) is 0 Å². The van der Waals surface area contributed by atoms with Gasteiger partial charge in [0.15, 0.2) is 0 Å². The van der Waals surface area contributed by atoms with Gasteiger partial charge in [-0.3, -0.25) is 4.79 Å². The Labute approximate surface area is 128 Å². The predicted octanol–water partition coefficient (Wildman–Crippen LogP) is 2.94. The fraction of sp³-hybridized carbons (Fsp3) is 0.125. The van der Waals surface area contributed by atoms with Crippen LogP contribution in [-0.2, 0) is 4.79 Å². The van der Waals surface area contributed by atoms with Crippen LogP contribution < -0.4 is 10.2 Å². The molecule has 1 N–H and O–H groups in total. The van der Waals surface area contributed by atoms with E-state index in [2.05, 4.69) is 10.5 Å². The van der Waals surface area contributed by atoms with Gasteiger partial charge in [0.25, 0.3) is 0 Å². The van der Waals surface area contributed by atoms with E-state index in [1.807, 2.05) is 54.6 Å². The van der Waals surface area contributed by atoms with E-state index in [4.69, 9.17) is 4.74 Å². The molecule has 0 radical (unpaired) electrons. The van der Waals surface area contributed by atoms with Crippen LogP contribution in [0.15, 0.2) is 64.6 Å². The molecule has 1 amide bonds. The van der Waals surface area contributed by atoms with E-state index in [-0.39, 0.29) is 5.91 Å². The number of nitrogens with one attached hydrogen (secondary N) is 1. The summed E-state index contributed by atoms with van der Waals surface area (Å²) in [5, 5.41) is 3.94. The highest BCUT2D eigenvalue weighted by molar-refractivity contribution is 8.00. The average Bonchev–Trinajstić information content (AvgIpc) is 2.54. The molecule has 5 heteroatoms. The Bertz CT molecular complexity index is 615. The lowest BCUT2D eigenvalue weighted by atomic mass is 10.2. The summed E-state index contributed by atoms with van der Waals surface area (Å²) >= 11 is 1.47. The molecule has 0 aliphatic rings. The molecule has 0 aliphatic heterocycles. The molecular weight excluding hydrogens is 284 g/mol. The van der Waals surface area contributed by atoms with Gasteiger partial charge in [-0.1, -0.05) is 30.3 Å². The summed E-state index contributed by atoms with van der Waals surface area (Å²) in [7, 11) is 1.61. The number of nitrogens with zero attached hydrogens (tertiary/aromatic N) is 1. The van der Waals surface area contributed by atoms with Crippen LogP contribution in [0.3, 0.4) is 0 Å². The predicted molar refractivity (Wildman–Crippen MR) is 85.9 cm³/mol. The van der Waals surface area contributed by atoms with Gasteiger partial charge >= 0.3 is 0 Å². The van der Waals surface area contributed by atoms with Crippen molar-refractivity contribution in [3.8, 4) is 5.75 Å². The van der Waals surface area contributed by atoms with E-state index in [1.165, 1.54) is 11.8 Å². The summed E-state index contributed by atoms with van der Waals surface area (Å²) in [5.74, 6) is 0.951. The highest BCUT2D eigenvalue weighted by Gasteiger charge is 2.00. The Balaban J connectivity index is 1.79. The lowest BCUT2D eigenvalue weighted by Crippen LogP contribution is -2.19. The molecule has 0 heterocycles. The SMILES string of the molecule is COc1cccc(C=NNC(=O)CSc2ccccc2)c1. The molecule has 4 nitrogen and oxygen atoms in total. The van der Waals surface area contributed by atoms with Gasteiger partial charge in [0.1, 0.15) is 5.75 Å². The number of benzene rings is 2. The van der Waals surface area contributed by atoms with E-state index < -0.39 is 0 Å². The van der Waals surface area contributed by atoms with Crippen molar-refractivity contribution in [2.75, 3.05) is 12.9 Å². The fourth-order valence-electron chi connectivity index (χ4n) is 1.60. The van der Waals surface area contributed by atoms with Crippen LogP contribution >= 0.6 is 11.8 Å². The van der Waals surface area contributed by atoms with E-state index in [0.29, 0.717) is 5.75 Å². The number of carbonyl (C=O) groups excluding carboxylic acids is 1. The molecule has 0 spiro atoms. The second-order valence-corrected chi connectivity index (χ2v) is 5.22. The molecule has 2 aromatic rings. The maximum atomic E-state index is 11.7. The third-order valence-corrected chi connectivity index (χ3v) is 3.62. The second-order valence-electron chi connectivity index (χ2n) is 4.17. The molecule has 0 saturated heterocycles. The molecule has 0 unspecified atom stereocenters. The third kappa shape index (κ3) is 5.31. The molecule has 0 atom stereocenters. The van der Waals surface area contributed by atoms with Crippen LogP contribution in [-0.4, -0.2) is 25.0 Å². The summed E-state index contributed by atoms with van der Waals surface area (Å²) in [6.07, 6.45) is 1.59. The Hall–Kier alpha value is -2.27. The highest BCUT2D eigenvalue weighted by Crippen LogP contribution is 2.16. The normalized spacial score (nSPS) is 10.5. The lowest BCUT2D eigenvalue weighted by Gasteiger charge is -2.01. The molecule has 2 aromatic carbocycles. The minimum atomic E-state index is -0.136. The molecule has 0 aliphatic carbocycles. The topological polar surface area (TPSA) is 50.7 Å². The molecule has 0 aromatic heterocycles. The largest absolute Gasteiger partial charge is 0.497 e. The minimum Gasteiger partial charge on any atom is -0.497 e. The van der Waals surface area contributed by atoms with Gasteiger partial charge in [0.2, 0.25) is 5.91 Å². The molecule has 21 heavy (non-hydrogen) atoms. The number of methoxy groups -OCH3 is 1. The van der Waals surface area contributed by atoms with E-state index >= 15 is 0 Å². The van der Waals surface area contributed by atoms with E-state index in [9.17, 15) is 4.79 Å². The first-order valence-corrected chi connectivity index (χ1v) is 7.40. The van der Waals surface area contributed by atoms with E-state index in [0.717, 1.165) is 16.2 Å². The first-order chi connectivity index (χ1) is 10.3. The summed E-state index contributed by atoms with van der Waals surface area (Å²) in [6.45, 7) is 0. The maximum absolute atomic E-state index is 11.7. The summed E-state index contributed by atoms with van der Waals surface area (Å²) in [4.78, 5) is 12.7. The zero-order valence-electron chi connectivity index (χ0n) is 11.7. The van der Waals surface area contributed by atoms with Crippen molar-refractivity contribution in [3.05, 3.63) is 60.2 Å². The number of hydrazone groups is 1. The quantitative estimate of drug-likeness (QED) is 0.507. The Morgan fingerprint density at radius 1 is 1.24 bits per heavy atom. The van der Waals surface area contributed by atoms with Gasteiger partial charge in [-0.15, -0.1) is 11.8 Å². The van der Waals surface area contributed by atoms with Crippen molar-refractivity contribution in [2.24, 2.45) is 5.10 Å². The van der Waals surface area contributed by atoms with Crippen LogP contribution in [0.5, 0.6) is 5.75 Å². The minimum absolute atomic E-state index is 0.136.